The number of benzene rings is 1. The molecule has 0 saturated heterocycles. The van der Waals surface area contributed by atoms with Crippen molar-refractivity contribution in [1.29, 1.82) is 0 Å². The van der Waals surface area contributed by atoms with Gasteiger partial charge < -0.3 is 10.2 Å². The van der Waals surface area contributed by atoms with E-state index in [9.17, 15) is 5.11 Å². The summed E-state index contributed by atoms with van der Waals surface area (Å²) in [6, 6.07) is 5.14. The maximum atomic E-state index is 9.45. The van der Waals surface area contributed by atoms with Crippen molar-refractivity contribution in [2.75, 3.05) is 0 Å². The van der Waals surface area contributed by atoms with Crippen LogP contribution in [0.15, 0.2) is 18.2 Å². The molecule has 0 aliphatic rings. The molecule has 0 unspecified atom stereocenters. The molecular formula is C9H10N2O2. The standard InChI is InChI=1S/C9H10N2O2/c1-11-7(5-12)6-3-2-4-8(13)9(6)10-11/h2-4,12-13H,5H2,1H3. The molecule has 2 N–H and O–H groups in total. The number of aromatic hydroxyl groups is 1. The number of aliphatic hydroxyl groups is 1. The number of aliphatic hydroxyl groups excluding tert-OH is 1. The van der Waals surface area contributed by atoms with Gasteiger partial charge in [-0.25, -0.2) is 0 Å². The van der Waals surface area contributed by atoms with Crippen molar-refractivity contribution in [2.45, 2.75) is 6.61 Å². The Bertz CT molecular complexity index is 448. The first-order valence-electron chi connectivity index (χ1n) is 3.98. The summed E-state index contributed by atoms with van der Waals surface area (Å²) < 4.78 is 1.57. The van der Waals surface area contributed by atoms with Gasteiger partial charge in [0, 0.05) is 12.4 Å². The van der Waals surface area contributed by atoms with Crippen molar-refractivity contribution in [3.05, 3.63) is 23.9 Å². The third kappa shape index (κ3) is 1.07. The normalized spacial score (nSPS) is 10.9. The molecule has 0 spiro atoms. The van der Waals surface area contributed by atoms with Gasteiger partial charge in [0.2, 0.25) is 0 Å². The number of aryl methyl sites for hydroxylation is 1. The van der Waals surface area contributed by atoms with Gasteiger partial charge >= 0.3 is 0 Å². The second-order valence-electron chi connectivity index (χ2n) is 2.90. The SMILES string of the molecule is Cn1nc2c(O)cccc2c1CO. The van der Waals surface area contributed by atoms with Crippen molar-refractivity contribution >= 4 is 10.9 Å². The quantitative estimate of drug-likeness (QED) is 0.678. The van der Waals surface area contributed by atoms with Crippen LogP contribution < -0.4 is 0 Å². The third-order valence-electron chi connectivity index (χ3n) is 2.12. The van der Waals surface area contributed by atoms with Crippen molar-refractivity contribution in [3.8, 4) is 5.75 Å². The first kappa shape index (κ1) is 8.07. The Kier molecular flexibility index (Phi) is 1.70. The van der Waals surface area contributed by atoms with Crippen LogP contribution in [0.2, 0.25) is 0 Å². The zero-order valence-corrected chi connectivity index (χ0v) is 7.23. The highest BCUT2D eigenvalue weighted by Gasteiger charge is 2.09. The highest BCUT2D eigenvalue weighted by atomic mass is 16.3. The van der Waals surface area contributed by atoms with Gasteiger partial charge in [0.25, 0.3) is 0 Å². The molecule has 4 heteroatoms. The number of phenolic OH excluding ortho intramolecular Hbond substituents is 1. The lowest BCUT2D eigenvalue weighted by Crippen LogP contribution is -1.96. The van der Waals surface area contributed by atoms with E-state index >= 15 is 0 Å². The predicted octanol–water partition coefficient (Wildman–Crippen LogP) is 0.771. The molecule has 0 aliphatic carbocycles. The number of rotatable bonds is 1. The molecule has 1 aromatic carbocycles. The van der Waals surface area contributed by atoms with E-state index in [-0.39, 0.29) is 12.4 Å². The summed E-state index contributed by atoms with van der Waals surface area (Å²) in [7, 11) is 1.74. The van der Waals surface area contributed by atoms with E-state index in [1.807, 2.05) is 6.07 Å². The Morgan fingerprint density at radius 1 is 1.46 bits per heavy atom. The van der Waals surface area contributed by atoms with Crippen LogP contribution in [0, 0.1) is 0 Å². The summed E-state index contributed by atoms with van der Waals surface area (Å²) in [5, 5.41) is 23.4. The monoisotopic (exact) mass is 178 g/mol. The van der Waals surface area contributed by atoms with Crippen LogP contribution in [-0.4, -0.2) is 20.0 Å². The van der Waals surface area contributed by atoms with Crippen LogP contribution >= 0.6 is 0 Å². The molecular weight excluding hydrogens is 168 g/mol. The molecule has 1 aromatic heterocycles. The Labute approximate surface area is 75.0 Å². The number of fused-ring (bicyclic) bond motifs is 1. The number of nitrogens with zero attached hydrogens (tertiary/aromatic N) is 2. The molecule has 0 amide bonds. The first-order chi connectivity index (χ1) is 6.24. The van der Waals surface area contributed by atoms with Crippen LogP contribution in [0.4, 0.5) is 0 Å². The molecule has 2 rings (SSSR count). The van der Waals surface area contributed by atoms with Crippen molar-refractivity contribution in [1.82, 2.24) is 9.78 Å². The van der Waals surface area contributed by atoms with Gasteiger partial charge in [0.15, 0.2) is 0 Å². The Morgan fingerprint density at radius 3 is 2.92 bits per heavy atom. The molecule has 0 bridgehead atoms. The number of phenols is 1. The van der Waals surface area contributed by atoms with Crippen molar-refractivity contribution in [2.24, 2.45) is 7.05 Å². The summed E-state index contributed by atoms with van der Waals surface area (Å²) in [5.74, 6) is 0.146. The van der Waals surface area contributed by atoms with E-state index in [0.717, 1.165) is 5.39 Å². The minimum atomic E-state index is -0.0730. The van der Waals surface area contributed by atoms with Gasteiger partial charge in [-0.1, -0.05) is 12.1 Å². The van der Waals surface area contributed by atoms with Crippen LogP contribution in [0.1, 0.15) is 5.69 Å². The Balaban J connectivity index is 2.86. The maximum absolute atomic E-state index is 9.45. The van der Waals surface area contributed by atoms with E-state index in [0.29, 0.717) is 11.2 Å². The van der Waals surface area contributed by atoms with Crippen LogP contribution in [0.25, 0.3) is 10.9 Å². The van der Waals surface area contributed by atoms with E-state index in [4.69, 9.17) is 5.11 Å². The second kappa shape index (κ2) is 2.74. The van der Waals surface area contributed by atoms with Gasteiger partial charge in [-0.15, -0.1) is 0 Å². The van der Waals surface area contributed by atoms with E-state index < -0.39 is 0 Å². The van der Waals surface area contributed by atoms with Crippen molar-refractivity contribution in [3.63, 3.8) is 0 Å². The van der Waals surface area contributed by atoms with Crippen LogP contribution in [-0.2, 0) is 13.7 Å². The summed E-state index contributed by atoms with van der Waals surface area (Å²) in [4.78, 5) is 0. The van der Waals surface area contributed by atoms with Crippen molar-refractivity contribution < 1.29 is 10.2 Å². The third-order valence-corrected chi connectivity index (χ3v) is 2.12. The minimum absolute atomic E-state index is 0.0730. The zero-order chi connectivity index (χ0) is 9.42. The topological polar surface area (TPSA) is 58.3 Å². The number of aromatic nitrogens is 2. The molecule has 4 nitrogen and oxygen atoms in total. The average Bonchev–Trinajstić information content (AvgIpc) is 2.43. The smallest absolute Gasteiger partial charge is 0.143 e. The van der Waals surface area contributed by atoms with Gasteiger partial charge in [0.1, 0.15) is 11.3 Å². The molecule has 0 radical (unpaired) electrons. The maximum Gasteiger partial charge on any atom is 0.143 e. The predicted molar refractivity (Wildman–Crippen MR) is 48.3 cm³/mol. The van der Waals surface area contributed by atoms with Gasteiger partial charge in [0.05, 0.1) is 12.3 Å². The van der Waals surface area contributed by atoms with Gasteiger partial charge in [-0.3, -0.25) is 4.68 Å². The lowest BCUT2D eigenvalue weighted by molar-refractivity contribution is 0.272. The van der Waals surface area contributed by atoms with E-state index in [1.165, 1.54) is 0 Å². The minimum Gasteiger partial charge on any atom is -0.506 e. The fourth-order valence-corrected chi connectivity index (χ4v) is 1.44. The summed E-state index contributed by atoms with van der Waals surface area (Å²) >= 11 is 0. The largest absolute Gasteiger partial charge is 0.506 e. The summed E-state index contributed by atoms with van der Waals surface area (Å²) in [6.45, 7) is -0.0730. The molecule has 2 aromatic rings. The average molecular weight is 178 g/mol. The molecule has 13 heavy (non-hydrogen) atoms. The fourth-order valence-electron chi connectivity index (χ4n) is 1.44. The fraction of sp³-hybridized carbons (Fsp3) is 0.222. The molecule has 0 atom stereocenters. The lowest BCUT2D eigenvalue weighted by atomic mass is 10.2. The zero-order valence-electron chi connectivity index (χ0n) is 7.23. The summed E-state index contributed by atoms with van der Waals surface area (Å²) in [5.41, 5.74) is 1.25. The summed E-state index contributed by atoms with van der Waals surface area (Å²) in [6.07, 6.45) is 0. The van der Waals surface area contributed by atoms with E-state index in [1.54, 1.807) is 23.9 Å². The highest BCUT2D eigenvalue weighted by Crippen LogP contribution is 2.25. The first-order valence-corrected chi connectivity index (χ1v) is 3.98. The van der Waals surface area contributed by atoms with Gasteiger partial charge in [-0.05, 0) is 6.07 Å². The number of hydrogen-bond donors (Lipinski definition) is 2. The Hall–Kier alpha value is -1.55. The number of hydrogen-bond acceptors (Lipinski definition) is 3. The second-order valence-corrected chi connectivity index (χ2v) is 2.90. The molecule has 0 aliphatic heterocycles. The van der Waals surface area contributed by atoms with E-state index in [2.05, 4.69) is 5.10 Å². The highest BCUT2D eigenvalue weighted by molar-refractivity contribution is 5.86. The van der Waals surface area contributed by atoms with Crippen LogP contribution in [0.5, 0.6) is 5.75 Å². The Morgan fingerprint density at radius 2 is 2.23 bits per heavy atom. The molecule has 68 valence electrons. The van der Waals surface area contributed by atoms with Crippen LogP contribution in [0.3, 0.4) is 0 Å². The molecule has 0 fully saturated rings. The molecule has 1 heterocycles. The lowest BCUT2D eigenvalue weighted by Gasteiger charge is -1.95. The van der Waals surface area contributed by atoms with Gasteiger partial charge in [-0.2, -0.15) is 5.10 Å². The molecule has 0 saturated carbocycles.